The molecule has 0 aromatic heterocycles. The zero-order chi connectivity index (χ0) is 6.08. The maximum absolute atomic E-state index is 3.87. The van der Waals surface area contributed by atoms with Gasteiger partial charge in [-0.25, -0.2) is 0 Å². The summed E-state index contributed by atoms with van der Waals surface area (Å²) in [6, 6.07) is 0. The first-order valence-electron chi connectivity index (χ1n) is 2.46. The van der Waals surface area contributed by atoms with Crippen molar-refractivity contribution < 1.29 is 0 Å². The first-order valence-corrected chi connectivity index (χ1v) is 2.46. The maximum atomic E-state index is 3.87. The van der Waals surface area contributed by atoms with Gasteiger partial charge in [-0.3, -0.25) is 0 Å². The molecule has 0 aromatic rings. The summed E-state index contributed by atoms with van der Waals surface area (Å²) in [5, 5.41) is 0. The molecule has 0 aliphatic rings. The van der Waals surface area contributed by atoms with Crippen LogP contribution in [0.5, 0.6) is 0 Å². The van der Waals surface area contributed by atoms with E-state index in [2.05, 4.69) is 27.4 Å². The SMILES string of the molecule is [CH2]C(C)(C)C(=C)C. The average molecular weight is 97.2 g/mol. The van der Waals surface area contributed by atoms with Crippen molar-refractivity contribution in [1.82, 2.24) is 0 Å². The second-order valence-electron chi connectivity index (χ2n) is 2.66. The lowest BCUT2D eigenvalue weighted by atomic mass is 9.89. The lowest BCUT2D eigenvalue weighted by molar-refractivity contribution is 0.577. The van der Waals surface area contributed by atoms with Gasteiger partial charge < -0.3 is 0 Å². The summed E-state index contributed by atoms with van der Waals surface area (Å²) in [4.78, 5) is 0. The molecule has 0 nitrogen and oxygen atoms in total. The molecule has 41 valence electrons. The Labute approximate surface area is 46.2 Å². The van der Waals surface area contributed by atoms with Gasteiger partial charge in [0.15, 0.2) is 0 Å². The van der Waals surface area contributed by atoms with Crippen LogP contribution in [-0.4, -0.2) is 0 Å². The van der Waals surface area contributed by atoms with E-state index in [1.54, 1.807) is 0 Å². The first-order chi connectivity index (χ1) is 2.94. The van der Waals surface area contributed by atoms with Crippen LogP contribution in [0.2, 0.25) is 0 Å². The summed E-state index contributed by atoms with van der Waals surface area (Å²) in [6.45, 7) is 13.7. The van der Waals surface area contributed by atoms with E-state index >= 15 is 0 Å². The first kappa shape index (κ1) is 6.74. The molecule has 0 heteroatoms. The highest BCUT2D eigenvalue weighted by Crippen LogP contribution is 2.21. The molecule has 1 radical (unpaired) electrons. The van der Waals surface area contributed by atoms with Gasteiger partial charge in [0, 0.05) is 0 Å². The minimum atomic E-state index is 0.0556. The van der Waals surface area contributed by atoms with E-state index in [1.807, 2.05) is 6.92 Å². The fourth-order valence-electron chi connectivity index (χ4n) is 0. The highest BCUT2D eigenvalue weighted by Gasteiger charge is 2.08. The van der Waals surface area contributed by atoms with E-state index in [0.29, 0.717) is 0 Å². The Bertz CT molecular complexity index is 72.5. The Balaban J connectivity index is 3.79. The van der Waals surface area contributed by atoms with Crippen molar-refractivity contribution in [2.45, 2.75) is 20.8 Å². The summed E-state index contributed by atoms with van der Waals surface area (Å²) < 4.78 is 0. The second kappa shape index (κ2) is 1.69. The van der Waals surface area contributed by atoms with Gasteiger partial charge in [0.2, 0.25) is 0 Å². The topological polar surface area (TPSA) is 0 Å². The van der Waals surface area contributed by atoms with Crippen molar-refractivity contribution >= 4 is 0 Å². The predicted molar refractivity (Wildman–Crippen MR) is 34.0 cm³/mol. The molecule has 7 heavy (non-hydrogen) atoms. The van der Waals surface area contributed by atoms with E-state index in [4.69, 9.17) is 0 Å². The van der Waals surface area contributed by atoms with Crippen LogP contribution in [0.1, 0.15) is 20.8 Å². The number of rotatable bonds is 1. The summed E-state index contributed by atoms with van der Waals surface area (Å²) >= 11 is 0. The highest BCUT2D eigenvalue weighted by molar-refractivity contribution is 5.04. The van der Waals surface area contributed by atoms with Crippen molar-refractivity contribution in [2.24, 2.45) is 5.41 Å². The van der Waals surface area contributed by atoms with Gasteiger partial charge >= 0.3 is 0 Å². The Kier molecular flexibility index (Phi) is 1.63. The lowest BCUT2D eigenvalue weighted by Gasteiger charge is -2.16. The number of allylic oxidation sites excluding steroid dienone is 1. The molecule has 0 aliphatic heterocycles. The molecule has 0 amide bonds. The van der Waals surface area contributed by atoms with Gasteiger partial charge in [0.1, 0.15) is 0 Å². The fraction of sp³-hybridized carbons (Fsp3) is 0.571. The minimum Gasteiger partial charge on any atom is -0.0996 e. The van der Waals surface area contributed by atoms with Crippen LogP contribution in [0.25, 0.3) is 0 Å². The molecular formula is C7H13. The molecule has 0 bridgehead atoms. The van der Waals surface area contributed by atoms with Crippen molar-refractivity contribution in [2.75, 3.05) is 0 Å². The van der Waals surface area contributed by atoms with E-state index in [9.17, 15) is 0 Å². The Hall–Kier alpha value is -0.260. The summed E-state index contributed by atoms with van der Waals surface area (Å²) in [6.07, 6.45) is 0. The van der Waals surface area contributed by atoms with Crippen LogP contribution in [0.3, 0.4) is 0 Å². The molecule has 0 aromatic carbocycles. The molecule has 0 N–H and O–H groups in total. The standard InChI is InChI=1S/C7H13/c1-6(2)7(3,4)5/h1,3H2,2,4-5H3. The molecule has 0 atom stereocenters. The van der Waals surface area contributed by atoms with E-state index < -0.39 is 0 Å². The number of hydrogen-bond donors (Lipinski definition) is 0. The summed E-state index contributed by atoms with van der Waals surface area (Å²) in [5.41, 5.74) is 1.19. The van der Waals surface area contributed by atoms with Crippen LogP contribution < -0.4 is 0 Å². The van der Waals surface area contributed by atoms with Gasteiger partial charge in [-0.15, -0.1) is 0 Å². The van der Waals surface area contributed by atoms with E-state index in [1.165, 1.54) is 0 Å². The third-order valence-corrected chi connectivity index (χ3v) is 1.16. The highest BCUT2D eigenvalue weighted by atomic mass is 14.1. The van der Waals surface area contributed by atoms with E-state index in [0.717, 1.165) is 5.57 Å². The number of hydrogen-bond acceptors (Lipinski definition) is 0. The van der Waals surface area contributed by atoms with Gasteiger partial charge in [-0.1, -0.05) is 26.0 Å². The third-order valence-electron chi connectivity index (χ3n) is 1.16. The average Bonchev–Trinajstić information content (AvgIpc) is 1.31. The fourth-order valence-corrected chi connectivity index (χ4v) is 0. The van der Waals surface area contributed by atoms with Crippen LogP contribution in [0, 0.1) is 12.3 Å². The van der Waals surface area contributed by atoms with Gasteiger partial charge in [0.25, 0.3) is 0 Å². The second-order valence-corrected chi connectivity index (χ2v) is 2.66. The molecule has 0 fully saturated rings. The monoisotopic (exact) mass is 97.1 g/mol. The molecule has 0 heterocycles. The van der Waals surface area contributed by atoms with Crippen molar-refractivity contribution in [3.8, 4) is 0 Å². The van der Waals surface area contributed by atoms with Crippen molar-refractivity contribution in [3.63, 3.8) is 0 Å². The van der Waals surface area contributed by atoms with Crippen molar-refractivity contribution in [3.05, 3.63) is 19.1 Å². The predicted octanol–water partition coefficient (Wildman–Crippen LogP) is 2.42. The third kappa shape index (κ3) is 2.44. The molecule has 0 unspecified atom stereocenters. The molecule has 0 spiro atoms. The zero-order valence-corrected chi connectivity index (χ0v) is 5.41. The molecule has 0 aliphatic carbocycles. The summed E-state index contributed by atoms with van der Waals surface area (Å²) in [5.74, 6) is 0. The molecule has 0 rings (SSSR count). The molecule has 0 saturated carbocycles. The van der Waals surface area contributed by atoms with Crippen LogP contribution in [0.15, 0.2) is 12.2 Å². The summed E-state index contributed by atoms with van der Waals surface area (Å²) in [7, 11) is 0. The minimum absolute atomic E-state index is 0.0556. The lowest BCUT2D eigenvalue weighted by Crippen LogP contribution is -2.04. The Morgan fingerprint density at radius 2 is 1.57 bits per heavy atom. The van der Waals surface area contributed by atoms with E-state index in [-0.39, 0.29) is 5.41 Å². The smallest absolute Gasteiger partial charge is 0.0150 e. The van der Waals surface area contributed by atoms with Crippen LogP contribution in [-0.2, 0) is 0 Å². The van der Waals surface area contributed by atoms with Gasteiger partial charge in [0.05, 0.1) is 0 Å². The van der Waals surface area contributed by atoms with Crippen molar-refractivity contribution in [1.29, 1.82) is 0 Å². The quantitative estimate of drug-likeness (QED) is 0.441. The van der Waals surface area contributed by atoms with Crippen LogP contribution >= 0.6 is 0 Å². The van der Waals surface area contributed by atoms with Gasteiger partial charge in [-0.2, -0.15) is 0 Å². The normalized spacial score (nSPS) is 11.4. The molecular weight excluding hydrogens is 84.1 g/mol. The Morgan fingerprint density at radius 1 is 1.43 bits per heavy atom. The van der Waals surface area contributed by atoms with Crippen LogP contribution in [0.4, 0.5) is 0 Å². The maximum Gasteiger partial charge on any atom is -0.0150 e. The Morgan fingerprint density at radius 3 is 1.57 bits per heavy atom. The van der Waals surface area contributed by atoms with Gasteiger partial charge in [-0.05, 0) is 19.3 Å². The molecule has 0 saturated heterocycles. The largest absolute Gasteiger partial charge is 0.0996 e. The zero-order valence-electron chi connectivity index (χ0n) is 5.41.